The Morgan fingerprint density at radius 3 is 2.69 bits per heavy atom. The zero-order valence-electron chi connectivity index (χ0n) is 16.1. The molecule has 1 heterocycles. The molecule has 1 saturated carbocycles. The van der Waals surface area contributed by atoms with E-state index in [4.69, 9.17) is 11.6 Å². The molecule has 0 radical (unpaired) electrons. The molecule has 2 N–H and O–H groups in total. The van der Waals surface area contributed by atoms with E-state index in [-0.39, 0.29) is 10.2 Å². The van der Waals surface area contributed by atoms with Crippen LogP contribution in [-0.2, 0) is 10.0 Å². The van der Waals surface area contributed by atoms with Gasteiger partial charge in [-0.3, -0.25) is 4.72 Å². The highest BCUT2D eigenvalue weighted by atomic mass is 35.5. The van der Waals surface area contributed by atoms with Crippen LogP contribution in [-0.4, -0.2) is 19.9 Å². The summed E-state index contributed by atoms with van der Waals surface area (Å²) in [7, 11) is -4.28. The van der Waals surface area contributed by atoms with Gasteiger partial charge in [0.25, 0.3) is 10.0 Å². The van der Waals surface area contributed by atoms with Crippen LogP contribution in [0.3, 0.4) is 0 Å². The van der Waals surface area contributed by atoms with Crippen LogP contribution >= 0.6 is 22.9 Å². The summed E-state index contributed by atoms with van der Waals surface area (Å²) in [4.78, 5) is 2.97. The minimum atomic E-state index is -4.28. The Morgan fingerprint density at radius 1 is 1.34 bits per heavy atom. The van der Waals surface area contributed by atoms with Crippen LogP contribution in [0.5, 0.6) is 0 Å². The van der Waals surface area contributed by atoms with Gasteiger partial charge < -0.3 is 5.32 Å². The number of anilines is 2. The quantitative estimate of drug-likeness (QED) is 0.460. The van der Waals surface area contributed by atoms with Gasteiger partial charge in [0, 0.05) is 6.54 Å². The van der Waals surface area contributed by atoms with E-state index in [1.54, 1.807) is 0 Å². The number of benzene rings is 1. The van der Waals surface area contributed by atoms with Gasteiger partial charge in [-0.25, -0.2) is 17.8 Å². The number of nitrogens with one attached hydrogen (secondary N) is 2. The molecule has 0 bridgehead atoms. The first-order chi connectivity index (χ1) is 13.8. The molecule has 1 aliphatic carbocycles. The zero-order chi connectivity index (χ0) is 21.0. The van der Waals surface area contributed by atoms with Gasteiger partial charge in [-0.1, -0.05) is 62.0 Å². The average molecular weight is 464 g/mol. The van der Waals surface area contributed by atoms with Crippen LogP contribution in [0.2, 0.25) is 5.02 Å². The molecule has 1 aliphatic rings. The fraction of sp³-hybridized carbons (Fsp3) is 0.526. The van der Waals surface area contributed by atoms with Gasteiger partial charge in [0.1, 0.15) is 10.7 Å². The lowest BCUT2D eigenvalue weighted by Crippen LogP contribution is -2.18. The molecule has 3 rings (SSSR count). The van der Waals surface area contributed by atoms with Crippen molar-refractivity contribution in [2.75, 3.05) is 16.6 Å². The fourth-order valence-electron chi connectivity index (χ4n) is 3.30. The number of nitrogens with zero attached hydrogens (tertiary/aromatic N) is 1. The third-order valence-electron chi connectivity index (χ3n) is 5.38. The second kappa shape index (κ2) is 9.57. The second-order valence-corrected chi connectivity index (χ2v) is 10.4. The first-order valence-corrected chi connectivity index (χ1v) is 12.3. The van der Waals surface area contributed by atoms with Crippen LogP contribution < -0.4 is 10.0 Å². The third kappa shape index (κ3) is 5.79. The van der Waals surface area contributed by atoms with Crippen molar-refractivity contribution in [1.29, 1.82) is 0 Å². The summed E-state index contributed by atoms with van der Waals surface area (Å²) in [5.41, 5.74) is 0.352. The molecule has 10 heteroatoms. The molecule has 0 aliphatic heterocycles. The summed E-state index contributed by atoms with van der Waals surface area (Å²) in [6.45, 7) is 2.77. The Bertz CT molecular complexity index is 949. The number of thiazole rings is 1. The molecule has 0 saturated heterocycles. The first-order valence-electron chi connectivity index (χ1n) is 9.65. The van der Waals surface area contributed by atoms with E-state index in [1.807, 2.05) is 0 Å². The number of sulfonamides is 1. The lowest BCUT2D eigenvalue weighted by Gasteiger charge is -2.27. The SMILES string of the molecule is CC[C@@H](CCC1CCC1)CNc1cc(F)c(S(=O)(=O)Nc2ncc(F)s2)cc1Cl. The van der Waals surface area contributed by atoms with Crippen molar-refractivity contribution in [1.82, 2.24) is 4.98 Å². The molecule has 5 nitrogen and oxygen atoms in total. The molecule has 1 fully saturated rings. The van der Waals surface area contributed by atoms with Crippen molar-refractivity contribution in [3.05, 3.63) is 34.3 Å². The summed E-state index contributed by atoms with van der Waals surface area (Å²) < 4.78 is 54.4. The van der Waals surface area contributed by atoms with E-state index < -0.39 is 25.9 Å². The first kappa shape index (κ1) is 22.2. The van der Waals surface area contributed by atoms with Gasteiger partial charge in [0.2, 0.25) is 0 Å². The fourth-order valence-corrected chi connectivity index (χ4v) is 5.47. The van der Waals surface area contributed by atoms with E-state index in [0.29, 0.717) is 29.5 Å². The molecular formula is C19H24ClF2N3O2S2. The zero-order valence-corrected chi connectivity index (χ0v) is 18.4. The van der Waals surface area contributed by atoms with Crippen LogP contribution in [0.25, 0.3) is 0 Å². The molecule has 1 aromatic heterocycles. The molecule has 29 heavy (non-hydrogen) atoms. The number of aromatic nitrogens is 1. The molecule has 1 atom stereocenters. The highest BCUT2D eigenvalue weighted by Gasteiger charge is 2.23. The smallest absolute Gasteiger partial charge is 0.266 e. The van der Waals surface area contributed by atoms with Crippen molar-refractivity contribution in [3.63, 3.8) is 0 Å². The largest absolute Gasteiger partial charge is 0.383 e. The third-order valence-corrected chi connectivity index (χ3v) is 7.87. The highest BCUT2D eigenvalue weighted by molar-refractivity contribution is 7.93. The maximum atomic E-state index is 14.5. The lowest BCUT2D eigenvalue weighted by molar-refractivity contribution is 0.270. The van der Waals surface area contributed by atoms with Crippen LogP contribution in [0.15, 0.2) is 23.2 Å². The summed E-state index contributed by atoms with van der Waals surface area (Å²) in [6.07, 6.45) is 8.17. The van der Waals surface area contributed by atoms with E-state index in [0.717, 1.165) is 37.1 Å². The maximum absolute atomic E-state index is 14.5. The van der Waals surface area contributed by atoms with E-state index in [1.165, 1.54) is 25.7 Å². The summed E-state index contributed by atoms with van der Waals surface area (Å²) >= 11 is 6.72. The number of hydrogen-bond acceptors (Lipinski definition) is 5. The Kier molecular flexibility index (Phi) is 7.34. The molecular weight excluding hydrogens is 440 g/mol. The van der Waals surface area contributed by atoms with Gasteiger partial charge >= 0.3 is 0 Å². The summed E-state index contributed by atoms with van der Waals surface area (Å²) in [6, 6.07) is 2.14. The van der Waals surface area contributed by atoms with E-state index in [9.17, 15) is 17.2 Å². The Labute approximate surface area is 178 Å². The van der Waals surface area contributed by atoms with Crippen LogP contribution in [0, 0.1) is 22.8 Å². The van der Waals surface area contributed by atoms with Crippen molar-refractivity contribution < 1.29 is 17.2 Å². The minimum absolute atomic E-state index is 0.103. The normalized spacial score (nSPS) is 15.7. The summed E-state index contributed by atoms with van der Waals surface area (Å²) in [5, 5.41) is 2.42. The van der Waals surface area contributed by atoms with Crippen LogP contribution in [0.4, 0.5) is 19.6 Å². The maximum Gasteiger partial charge on any atom is 0.266 e. The van der Waals surface area contributed by atoms with Gasteiger partial charge in [-0.15, -0.1) is 0 Å². The summed E-state index contributed by atoms with van der Waals surface area (Å²) in [5.74, 6) is 0.344. The molecule has 0 amide bonds. The number of rotatable bonds is 10. The Morgan fingerprint density at radius 2 is 2.10 bits per heavy atom. The molecule has 0 unspecified atom stereocenters. The molecule has 0 spiro atoms. The number of hydrogen-bond donors (Lipinski definition) is 2. The van der Waals surface area contributed by atoms with E-state index in [2.05, 4.69) is 21.9 Å². The highest BCUT2D eigenvalue weighted by Crippen LogP contribution is 2.33. The van der Waals surface area contributed by atoms with Crippen molar-refractivity contribution >= 4 is 43.8 Å². The van der Waals surface area contributed by atoms with Gasteiger partial charge in [0.05, 0.1) is 16.9 Å². The van der Waals surface area contributed by atoms with Crippen molar-refractivity contribution in [2.45, 2.75) is 50.3 Å². The molecule has 1 aromatic carbocycles. The minimum Gasteiger partial charge on any atom is -0.383 e. The Hall–Kier alpha value is -1.45. The molecule has 2 aromatic rings. The molecule has 160 valence electrons. The standard InChI is InChI=1S/C19H24ClF2N3O2S2/c1-2-12(6-7-13-4-3-5-13)10-23-16-9-15(21)17(8-14(16)20)29(26,27)25-19-24-11-18(22)28-19/h8-9,11-13,23H,2-7,10H2,1H3,(H,24,25)/t12-/m0/s1. The lowest BCUT2D eigenvalue weighted by atomic mass is 9.80. The van der Waals surface area contributed by atoms with Crippen molar-refractivity contribution in [2.24, 2.45) is 11.8 Å². The number of halogens is 3. The van der Waals surface area contributed by atoms with Gasteiger partial charge in [-0.2, -0.15) is 4.39 Å². The second-order valence-electron chi connectivity index (χ2n) is 7.37. The van der Waals surface area contributed by atoms with Crippen molar-refractivity contribution in [3.8, 4) is 0 Å². The predicted molar refractivity (Wildman–Crippen MR) is 113 cm³/mol. The van der Waals surface area contributed by atoms with E-state index >= 15 is 0 Å². The monoisotopic (exact) mass is 463 g/mol. The average Bonchev–Trinajstić information content (AvgIpc) is 3.02. The predicted octanol–water partition coefficient (Wildman–Crippen LogP) is 5.89. The van der Waals surface area contributed by atoms with Crippen LogP contribution in [0.1, 0.15) is 45.4 Å². The topological polar surface area (TPSA) is 71.1 Å². The van der Waals surface area contributed by atoms with Gasteiger partial charge in [-0.05, 0) is 30.4 Å². The Balaban J connectivity index is 1.66. The van der Waals surface area contributed by atoms with Gasteiger partial charge in [0.15, 0.2) is 10.3 Å².